The van der Waals surface area contributed by atoms with Gasteiger partial charge in [0.15, 0.2) is 11.6 Å². The van der Waals surface area contributed by atoms with Crippen LogP contribution in [0.5, 0.6) is 0 Å². The van der Waals surface area contributed by atoms with E-state index in [1.54, 1.807) is 6.07 Å². The Morgan fingerprint density at radius 2 is 2.22 bits per heavy atom. The van der Waals surface area contributed by atoms with Crippen LogP contribution in [0.2, 0.25) is 0 Å². The van der Waals surface area contributed by atoms with Gasteiger partial charge >= 0.3 is 0 Å². The van der Waals surface area contributed by atoms with Gasteiger partial charge in [-0.25, -0.2) is 19.0 Å². The largest absolute Gasteiger partial charge is 0.307 e. The van der Waals surface area contributed by atoms with E-state index in [0.29, 0.717) is 11.3 Å². The van der Waals surface area contributed by atoms with Crippen molar-refractivity contribution in [2.75, 3.05) is 5.32 Å². The van der Waals surface area contributed by atoms with Crippen molar-refractivity contribution in [3.63, 3.8) is 0 Å². The number of halogens is 1. The van der Waals surface area contributed by atoms with Crippen molar-refractivity contribution in [1.29, 1.82) is 0 Å². The third-order valence-corrected chi connectivity index (χ3v) is 4.97. The van der Waals surface area contributed by atoms with Gasteiger partial charge in [-0.15, -0.1) is 11.3 Å². The maximum absolute atomic E-state index is 13.6. The number of rotatable bonds is 4. The van der Waals surface area contributed by atoms with Crippen LogP contribution in [-0.4, -0.2) is 30.1 Å². The molecule has 1 amide bonds. The highest BCUT2D eigenvalue weighted by atomic mass is 32.1. The molecule has 0 fully saturated rings. The highest BCUT2D eigenvalue weighted by Crippen LogP contribution is 2.26. The molecule has 0 aliphatic carbocycles. The summed E-state index contributed by atoms with van der Waals surface area (Å²) in [5.74, 6) is -0.898. The Morgan fingerprint density at radius 1 is 1.41 bits per heavy atom. The lowest BCUT2D eigenvalue weighted by molar-refractivity contribution is -0.117. The van der Waals surface area contributed by atoms with Gasteiger partial charge in [0, 0.05) is 11.3 Å². The van der Waals surface area contributed by atoms with Gasteiger partial charge in [-0.05, 0) is 17.5 Å². The Hall–Kier alpha value is -3.14. The molecule has 0 aliphatic rings. The molecule has 138 valence electrons. The molecule has 0 saturated carbocycles. The number of carbonyl (C=O) groups is 1. The molecule has 10 heteroatoms. The second-order valence-corrected chi connectivity index (χ2v) is 7.18. The van der Waals surface area contributed by atoms with E-state index in [1.807, 2.05) is 29.7 Å². The van der Waals surface area contributed by atoms with E-state index in [4.69, 9.17) is 0 Å². The number of nitrogens with one attached hydrogen (secondary N) is 1. The van der Waals surface area contributed by atoms with E-state index < -0.39 is 11.7 Å². The molecular weight excluding hydrogens is 371 g/mol. The number of hydrogen-bond acceptors (Lipinski definition) is 6. The average Bonchev–Trinajstić information content (AvgIpc) is 3.21. The van der Waals surface area contributed by atoms with Crippen LogP contribution in [0, 0.1) is 5.82 Å². The van der Waals surface area contributed by atoms with Crippen molar-refractivity contribution in [3.05, 3.63) is 52.0 Å². The maximum atomic E-state index is 13.6. The van der Waals surface area contributed by atoms with Crippen LogP contribution < -0.4 is 10.9 Å². The van der Waals surface area contributed by atoms with Gasteiger partial charge in [0.25, 0.3) is 5.56 Å². The van der Waals surface area contributed by atoms with Gasteiger partial charge in [0.05, 0.1) is 6.20 Å². The van der Waals surface area contributed by atoms with Crippen molar-refractivity contribution in [1.82, 2.24) is 24.1 Å². The second-order valence-electron chi connectivity index (χ2n) is 6.29. The van der Waals surface area contributed by atoms with Crippen LogP contribution in [0.15, 0.2) is 34.8 Å². The summed E-state index contributed by atoms with van der Waals surface area (Å²) in [6.45, 7) is 3.58. The van der Waals surface area contributed by atoms with Crippen LogP contribution in [0.25, 0.3) is 15.7 Å². The highest BCUT2D eigenvalue weighted by molar-refractivity contribution is 7.16. The fourth-order valence-corrected chi connectivity index (χ4v) is 3.75. The summed E-state index contributed by atoms with van der Waals surface area (Å²) >= 11 is 1.53. The zero-order valence-corrected chi connectivity index (χ0v) is 15.3. The van der Waals surface area contributed by atoms with Crippen LogP contribution in [0.3, 0.4) is 0 Å². The van der Waals surface area contributed by atoms with Crippen LogP contribution in [0.4, 0.5) is 10.2 Å². The van der Waals surface area contributed by atoms with Crippen molar-refractivity contribution in [2.24, 2.45) is 0 Å². The van der Waals surface area contributed by atoms with E-state index >= 15 is 0 Å². The number of carbonyl (C=O) groups excluding carboxylic acids is 1. The van der Waals surface area contributed by atoms with Crippen LogP contribution in [-0.2, 0) is 11.3 Å². The molecule has 4 rings (SSSR count). The molecule has 1 N–H and O–H groups in total. The van der Waals surface area contributed by atoms with E-state index in [1.165, 1.54) is 11.3 Å². The zero-order valence-electron chi connectivity index (χ0n) is 14.5. The molecule has 0 saturated heterocycles. The number of amides is 1. The predicted molar refractivity (Wildman–Crippen MR) is 99.5 cm³/mol. The Morgan fingerprint density at radius 3 is 2.96 bits per heavy atom. The van der Waals surface area contributed by atoms with E-state index in [2.05, 4.69) is 20.4 Å². The number of nitrogens with zero attached hydrogens (tertiary/aromatic N) is 5. The zero-order chi connectivity index (χ0) is 19.1. The number of thiophene rings is 1. The van der Waals surface area contributed by atoms with Gasteiger partial charge in [0.1, 0.15) is 29.0 Å². The molecule has 0 aromatic carbocycles. The molecule has 0 radical (unpaired) electrons. The molecule has 0 aliphatic heterocycles. The molecule has 4 aromatic rings. The Balaban J connectivity index is 1.75. The maximum Gasteiger partial charge on any atom is 0.291 e. The lowest BCUT2D eigenvalue weighted by Gasteiger charge is -2.13. The average molecular weight is 386 g/mol. The fraction of sp³-hybridized carbons (Fsp3) is 0.235. The Kier molecular flexibility index (Phi) is 4.19. The molecular formula is C17H15FN6O2S. The molecule has 4 aromatic heterocycles. The van der Waals surface area contributed by atoms with Gasteiger partial charge in [-0.3, -0.25) is 14.0 Å². The van der Waals surface area contributed by atoms with Gasteiger partial charge in [-0.1, -0.05) is 13.8 Å². The molecule has 27 heavy (non-hydrogen) atoms. The summed E-state index contributed by atoms with van der Waals surface area (Å²) in [6.07, 6.45) is 2.07. The minimum absolute atomic E-state index is 0.0272. The quantitative estimate of drug-likeness (QED) is 0.581. The summed E-state index contributed by atoms with van der Waals surface area (Å²) < 4.78 is 16.5. The lowest BCUT2D eigenvalue weighted by Crippen LogP contribution is -2.32. The van der Waals surface area contributed by atoms with Gasteiger partial charge < -0.3 is 5.32 Å². The minimum atomic E-state index is -0.753. The molecule has 0 spiro atoms. The van der Waals surface area contributed by atoms with E-state index in [0.717, 1.165) is 27.4 Å². The number of anilines is 1. The van der Waals surface area contributed by atoms with E-state index in [9.17, 15) is 14.0 Å². The number of aromatic nitrogens is 5. The standard InChI is InChI=1S/C17H15FN6O2S/c1-9(2)15-22-23(7-13(25)21-14-11(18)6-19-8-20-14)16(26)12-5-10-3-4-27-17(10)24(12)15/h3-6,8-9H,7H2,1-2H3,(H,19,20,21,25). The monoisotopic (exact) mass is 386 g/mol. The summed E-state index contributed by atoms with van der Waals surface area (Å²) in [5, 5.41) is 9.63. The van der Waals surface area contributed by atoms with Gasteiger partial charge in [0.2, 0.25) is 5.91 Å². The second kappa shape index (κ2) is 6.54. The van der Waals surface area contributed by atoms with Crippen molar-refractivity contribution >= 4 is 38.8 Å². The summed E-state index contributed by atoms with van der Waals surface area (Å²) in [7, 11) is 0. The molecule has 0 bridgehead atoms. The van der Waals surface area contributed by atoms with Crippen molar-refractivity contribution in [2.45, 2.75) is 26.3 Å². The Labute approximate surface area is 156 Å². The third-order valence-electron chi connectivity index (χ3n) is 4.05. The molecule has 0 unspecified atom stereocenters. The highest BCUT2D eigenvalue weighted by Gasteiger charge is 2.19. The number of hydrogen-bond donors (Lipinski definition) is 1. The van der Waals surface area contributed by atoms with Crippen LogP contribution in [0.1, 0.15) is 25.6 Å². The van der Waals surface area contributed by atoms with Crippen molar-refractivity contribution < 1.29 is 9.18 Å². The summed E-state index contributed by atoms with van der Waals surface area (Å²) in [4.78, 5) is 33.3. The van der Waals surface area contributed by atoms with Crippen molar-refractivity contribution in [3.8, 4) is 0 Å². The van der Waals surface area contributed by atoms with Crippen LogP contribution >= 0.6 is 11.3 Å². The summed E-state index contributed by atoms with van der Waals surface area (Å²) in [6, 6.07) is 3.73. The molecule has 0 atom stereocenters. The molecule has 8 nitrogen and oxygen atoms in total. The first-order chi connectivity index (χ1) is 13.0. The third kappa shape index (κ3) is 2.97. The first kappa shape index (κ1) is 17.3. The lowest BCUT2D eigenvalue weighted by atomic mass is 10.2. The smallest absolute Gasteiger partial charge is 0.291 e. The number of fused-ring (bicyclic) bond motifs is 3. The normalized spacial score (nSPS) is 11.6. The predicted octanol–water partition coefficient (Wildman–Crippen LogP) is 2.40. The Bertz CT molecular complexity index is 1230. The van der Waals surface area contributed by atoms with Gasteiger partial charge in [-0.2, -0.15) is 5.10 Å². The minimum Gasteiger partial charge on any atom is -0.307 e. The first-order valence-electron chi connectivity index (χ1n) is 8.20. The fourth-order valence-electron chi connectivity index (χ4n) is 2.85. The topological polar surface area (TPSA) is 94.2 Å². The SMILES string of the molecule is CC(C)c1nn(CC(=O)Nc2ncncc2F)c(=O)c2cc3ccsc3n12. The summed E-state index contributed by atoms with van der Waals surface area (Å²) in [5.41, 5.74) is 0.0673. The first-order valence-corrected chi connectivity index (χ1v) is 9.08. The van der Waals surface area contributed by atoms with E-state index in [-0.39, 0.29) is 23.8 Å². The molecule has 4 heterocycles.